The van der Waals surface area contributed by atoms with Gasteiger partial charge in [-0.2, -0.15) is 4.31 Å². The molecule has 12 heteroatoms. The molecule has 3 N–H and O–H groups in total. The van der Waals surface area contributed by atoms with Gasteiger partial charge < -0.3 is 20.3 Å². The number of rotatable bonds is 8. The van der Waals surface area contributed by atoms with E-state index in [1.54, 1.807) is 0 Å². The van der Waals surface area contributed by atoms with Crippen molar-refractivity contribution < 1.29 is 36.6 Å². The van der Waals surface area contributed by atoms with Crippen LogP contribution in [0.5, 0.6) is 5.75 Å². The number of sulfone groups is 1. The summed E-state index contributed by atoms with van der Waals surface area (Å²) in [4.78, 5) is 11.0. The van der Waals surface area contributed by atoms with Gasteiger partial charge in [0.05, 0.1) is 31.3 Å². The zero-order valence-corrected chi connectivity index (χ0v) is 17.2. The summed E-state index contributed by atoms with van der Waals surface area (Å²) in [6.07, 6.45) is -1.31. The Bertz CT molecular complexity index is 930. The summed E-state index contributed by atoms with van der Waals surface area (Å²) in [6, 6.07) is 3.15. The van der Waals surface area contributed by atoms with E-state index in [0.29, 0.717) is 0 Å². The Labute approximate surface area is 164 Å². The lowest BCUT2D eigenvalue weighted by molar-refractivity contribution is -0.114. The smallest absolute Gasteiger partial charge is 0.247 e. The fourth-order valence-electron chi connectivity index (χ4n) is 3.00. The van der Waals surface area contributed by atoms with Crippen molar-refractivity contribution in [2.45, 2.75) is 30.4 Å². The minimum Gasteiger partial charge on any atom is -0.495 e. The fraction of sp³-hybridized carbons (Fsp3) is 0.562. The Balaban J connectivity index is 2.53. The Kier molecular flexibility index (Phi) is 7.04. The SMILES string of the molecule is COc1ccc(NC(C)=O)cc1S(=O)(=O)N(C[C@@H](O)CO)[C@@H]1CCS(=O)(=O)C1. The number of anilines is 1. The summed E-state index contributed by atoms with van der Waals surface area (Å²) >= 11 is 0. The zero-order chi connectivity index (χ0) is 21.1. The van der Waals surface area contributed by atoms with E-state index in [4.69, 9.17) is 9.84 Å². The molecule has 1 amide bonds. The number of aliphatic hydroxyl groups excluding tert-OH is 2. The third-order valence-electron chi connectivity index (χ3n) is 4.29. The Morgan fingerprint density at radius 3 is 2.61 bits per heavy atom. The van der Waals surface area contributed by atoms with Gasteiger partial charge in [0.2, 0.25) is 15.9 Å². The summed E-state index contributed by atoms with van der Waals surface area (Å²) in [5.74, 6) is -0.943. The van der Waals surface area contributed by atoms with Crippen LogP contribution < -0.4 is 10.1 Å². The van der Waals surface area contributed by atoms with Crippen LogP contribution in [0.3, 0.4) is 0 Å². The highest BCUT2D eigenvalue weighted by molar-refractivity contribution is 7.92. The van der Waals surface area contributed by atoms with Gasteiger partial charge in [-0.25, -0.2) is 16.8 Å². The fourth-order valence-corrected chi connectivity index (χ4v) is 6.70. The summed E-state index contributed by atoms with van der Waals surface area (Å²) in [5.41, 5.74) is 0.216. The Morgan fingerprint density at radius 2 is 2.11 bits per heavy atom. The number of sulfonamides is 1. The topological polar surface area (TPSA) is 150 Å². The lowest BCUT2D eigenvalue weighted by atomic mass is 10.2. The number of carbonyl (C=O) groups excluding carboxylic acids is 1. The molecule has 1 aliphatic rings. The number of nitrogens with zero attached hydrogens (tertiary/aromatic N) is 1. The molecule has 1 fully saturated rings. The molecule has 0 unspecified atom stereocenters. The molecule has 1 aromatic carbocycles. The monoisotopic (exact) mass is 436 g/mol. The van der Waals surface area contributed by atoms with Gasteiger partial charge in [-0.3, -0.25) is 4.79 Å². The Hall–Kier alpha value is -1.73. The van der Waals surface area contributed by atoms with Crippen molar-refractivity contribution in [2.24, 2.45) is 0 Å². The maximum Gasteiger partial charge on any atom is 0.247 e. The van der Waals surface area contributed by atoms with E-state index in [-0.39, 0.29) is 34.3 Å². The van der Waals surface area contributed by atoms with Crippen LogP contribution in [-0.2, 0) is 24.7 Å². The average molecular weight is 437 g/mol. The number of methoxy groups -OCH3 is 1. The first-order chi connectivity index (χ1) is 13.0. The minimum atomic E-state index is -4.32. The summed E-state index contributed by atoms with van der Waals surface area (Å²) in [6.45, 7) is 0.104. The third kappa shape index (κ3) is 5.20. The number of hydrogen-bond donors (Lipinski definition) is 3. The van der Waals surface area contributed by atoms with E-state index in [2.05, 4.69) is 5.32 Å². The summed E-state index contributed by atoms with van der Waals surface area (Å²) < 4.78 is 56.4. The number of amides is 1. The second kappa shape index (κ2) is 8.74. The predicted octanol–water partition coefficient (Wildman–Crippen LogP) is -0.815. The highest BCUT2D eigenvalue weighted by atomic mass is 32.2. The molecule has 1 aromatic rings. The van der Waals surface area contributed by atoms with Gasteiger partial charge in [-0.15, -0.1) is 0 Å². The first-order valence-corrected chi connectivity index (χ1v) is 11.7. The highest BCUT2D eigenvalue weighted by Crippen LogP contribution is 2.32. The molecular weight excluding hydrogens is 412 g/mol. The third-order valence-corrected chi connectivity index (χ3v) is 7.98. The molecule has 10 nitrogen and oxygen atoms in total. The van der Waals surface area contributed by atoms with Crippen molar-refractivity contribution in [3.63, 3.8) is 0 Å². The van der Waals surface area contributed by atoms with Crippen LogP contribution in [0.15, 0.2) is 23.1 Å². The molecule has 0 radical (unpaired) electrons. The number of aliphatic hydroxyl groups is 2. The largest absolute Gasteiger partial charge is 0.495 e. The second-order valence-electron chi connectivity index (χ2n) is 6.51. The van der Waals surface area contributed by atoms with Gasteiger partial charge in [0.15, 0.2) is 9.84 Å². The van der Waals surface area contributed by atoms with Gasteiger partial charge >= 0.3 is 0 Å². The zero-order valence-electron chi connectivity index (χ0n) is 15.5. The van der Waals surface area contributed by atoms with Crippen LogP contribution >= 0.6 is 0 Å². The van der Waals surface area contributed by atoms with Crippen molar-refractivity contribution >= 4 is 31.5 Å². The molecule has 1 heterocycles. The van der Waals surface area contributed by atoms with Crippen molar-refractivity contribution in [2.75, 3.05) is 37.1 Å². The normalized spacial score (nSPS) is 20.1. The van der Waals surface area contributed by atoms with Gasteiger partial charge in [0, 0.05) is 25.2 Å². The molecule has 28 heavy (non-hydrogen) atoms. The molecule has 2 atom stereocenters. The van der Waals surface area contributed by atoms with E-state index in [1.165, 1.54) is 32.2 Å². The lowest BCUT2D eigenvalue weighted by Crippen LogP contribution is -2.46. The maximum absolute atomic E-state index is 13.3. The Morgan fingerprint density at radius 1 is 1.43 bits per heavy atom. The number of benzene rings is 1. The standard InChI is InChI=1S/C16H24N2O8S2/c1-11(20)17-12-3-4-15(26-2)16(7-12)28(24,25)18(8-14(21)9-19)13-5-6-27(22,23)10-13/h3-4,7,13-14,19,21H,5-6,8-10H2,1-2H3,(H,17,20)/t13-,14-/m1/s1. The van der Waals surface area contributed by atoms with Crippen molar-refractivity contribution in [3.05, 3.63) is 18.2 Å². The molecule has 0 spiro atoms. The maximum atomic E-state index is 13.3. The molecule has 1 saturated heterocycles. The van der Waals surface area contributed by atoms with Gasteiger partial charge in [-0.05, 0) is 24.6 Å². The van der Waals surface area contributed by atoms with E-state index < -0.39 is 51.1 Å². The predicted molar refractivity (Wildman–Crippen MR) is 101 cm³/mol. The average Bonchev–Trinajstić information content (AvgIpc) is 2.98. The number of nitrogens with one attached hydrogen (secondary N) is 1. The minimum absolute atomic E-state index is 0.00144. The molecule has 0 bridgehead atoms. The van der Waals surface area contributed by atoms with E-state index in [1.807, 2.05) is 0 Å². The lowest BCUT2D eigenvalue weighted by Gasteiger charge is -2.29. The van der Waals surface area contributed by atoms with Gasteiger partial charge in [-0.1, -0.05) is 0 Å². The summed E-state index contributed by atoms with van der Waals surface area (Å²) in [7, 11) is -6.45. The highest BCUT2D eigenvalue weighted by Gasteiger charge is 2.40. The quantitative estimate of drug-likeness (QED) is 0.478. The number of ether oxygens (including phenoxy) is 1. The van der Waals surface area contributed by atoms with E-state index in [9.17, 15) is 26.7 Å². The van der Waals surface area contributed by atoms with Crippen LogP contribution in [0.1, 0.15) is 13.3 Å². The van der Waals surface area contributed by atoms with Crippen molar-refractivity contribution in [1.29, 1.82) is 0 Å². The van der Waals surface area contributed by atoms with Crippen LogP contribution in [0.4, 0.5) is 5.69 Å². The number of hydrogen-bond acceptors (Lipinski definition) is 8. The molecule has 1 aliphatic heterocycles. The van der Waals surface area contributed by atoms with Crippen LogP contribution in [-0.4, -0.2) is 81.2 Å². The van der Waals surface area contributed by atoms with E-state index >= 15 is 0 Å². The second-order valence-corrected chi connectivity index (χ2v) is 10.6. The molecule has 0 saturated carbocycles. The number of carbonyl (C=O) groups is 1. The van der Waals surface area contributed by atoms with E-state index in [0.717, 1.165) is 4.31 Å². The molecule has 158 valence electrons. The first kappa shape index (κ1) is 22.6. The molecular formula is C16H24N2O8S2. The van der Waals surface area contributed by atoms with Gasteiger partial charge in [0.1, 0.15) is 10.6 Å². The van der Waals surface area contributed by atoms with Crippen LogP contribution in [0.2, 0.25) is 0 Å². The molecule has 0 aromatic heterocycles. The van der Waals surface area contributed by atoms with Gasteiger partial charge in [0.25, 0.3) is 0 Å². The van der Waals surface area contributed by atoms with Crippen LogP contribution in [0, 0.1) is 0 Å². The molecule has 2 rings (SSSR count). The van der Waals surface area contributed by atoms with Crippen molar-refractivity contribution in [1.82, 2.24) is 4.31 Å². The van der Waals surface area contributed by atoms with Crippen molar-refractivity contribution in [3.8, 4) is 5.75 Å². The van der Waals surface area contributed by atoms with Crippen LogP contribution in [0.25, 0.3) is 0 Å². The first-order valence-electron chi connectivity index (χ1n) is 8.47. The summed E-state index contributed by atoms with van der Waals surface area (Å²) in [5, 5.41) is 21.5. The molecule has 0 aliphatic carbocycles.